The molecule has 5 aromatic carbocycles. The normalized spacial score (nSPS) is 10.6. The lowest BCUT2D eigenvalue weighted by Gasteiger charge is -2.13. The van der Waals surface area contributed by atoms with Gasteiger partial charge in [0.25, 0.3) is 11.8 Å². The summed E-state index contributed by atoms with van der Waals surface area (Å²) in [6.07, 6.45) is 0. The smallest absolute Gasteiger partial charge is 0.262 e. The van der Waals surface area contributed by atoms with Crippen LogP contribution in [0.3, 0.4) is 0 Å². The van der Waals surface area contributed by atoms with Gasteiger partial charge in [-0.15, -0.1) is 0 Å². The Hall–Kier alpha value is -4.62. The molecule has 0 aliphatic rings. The number of para-hydroxylation sites is 2. The molecule has 0 atom stereocenters. The molecule has 0 fully saturated rings. The number of hydrogen-bond acceptors (Lipinski definition) is 4. The molecule has 0 radical (unpaired) electrons. The fourth-order valence-electron chi connectivity index (χ4n) is 3.97. The van der Waals surface area contributed by atoms with Crippen LogP contribution < -0.4 is 20.7 Å². The van der Waals surface area contributed by atoms with Gasteiger partial charge < -0.3 is 20.7 Å². The highest BCUT2D eigenvalue weighted by atomic mass is 79.9. The molecular weight excluding hydrogens is 542 g/mol. The second kappa shape index (κ2) is 11.6. The Kier molecular flexibility index (Phi) is 7.66. The molecule has 5 aromatic rings. The van der Waals surface area contributed by atoms with E-state index < -0.39 is 0 Å². The number of carbonyl (C=O) groups excluding carboxylic acids is 2. The minimum atomic E-state index is -0.373. The van der Waals surface area contributed by atoms with E-state index in [-0.39, 0.29) is 18.4 Å². The Morgan fingerprint density at radius 1 is 0.658 bits per heavy atom. The standard InChI is InChI=1S/C31H24BrN3O3/c32-30-25-11-5-4-8-21(25)14-19-28(30)38-20-29(36)35-27-13-7-6-12-26(27)31(37)34-24-17-15-23(16-18-24)33-22-9-2-1-3-10-22/h1-19,33H,20H2,(H,34,37)(H,35,36). The van der Waals surface area contributed by atoms with E-state index in [1.165, 1.54) is 0 Å². The van der Waals surface area contributed by atoms with Crippen molar-refractivity contribution in [3.8, 4) is 5.75 Å². The number of hydrogen-bond donors (Lipinski definition) is 3. The topological polar surface area (TPSA) is 79.5 Å². The Morgan fingerprint density at radius 3 is 2.13 bits per heavy atom. The van der Waals surface area contributed by atoms with Crippen LogP contribution in [-0.4, -0.2) is 18.4 Å². The molecule has 0 unspecified atom stereocenters. The number of rotatable bonds is 8. The first kappa shape index (κ1) is 25.0. The van der Waals surface area contributed by atoms with Crippen LogP contribution in [0.4, 0.5) is 22.7 Å². The Labute approximate surface area is 228 Å². The van der Waals surface area contributed by atoms with Crippen LogP contribution in [0.1, 0.15) is 10.4 Å². The molecule has 0 saturated carbocycles. The average Bonchev–Trinajstić information content (AvgIpc) is 2.95. The van der Waals surface area contributed by atoms with E-state index in [0.717, 1.165) is 26.6 Å². The summed E-state index contributed by atoms with van der Waals surface area (Å²) < 4.78 is 6.55. The predicted molar refractivity (Wildman–Crippen MR) is 156 cm³/mol. The van der Waals surface area contributed by atoms with Gasteiger partial charge in [-0.3, -0.25) is 9.59 Å². The number of fused-ring (bicyclic) bond motifs is 1. The van der Waals surface area contributed by atoms with Crippen molar-refractivity contribution < 1.29 is 14.3 Å². The summed E-state index contributed by atoms with van der Waals surface area (Å²) >= 11 is 3.57. The van der Waals surface area contributed by atoms with Gasteiger partial charge in [0, 0.05) is 17.1 Å². The second-order valence-corrected chi connectivity index (χ2v) is 9.30. The zero-order valence-corrected chi connectivity index (χ0v) is 21.9. The van der Waals surface area contributed by atoms with Crippen molar-refractivity contribution in [3.05, 3.63) is 125 Å². The third-order valence-corrected chi connectivity index (χ3v) is 6.66. The van der Waals surface area contributed by atoms with Crippen molar-refractivity contribution in [1.29, 1.82) is 0 Å². The lowest BCUT2D eigenvalue weighted by molar-refractivity contribution is -0.118. The number of carbonyl (C=O) groups is 2. The van der Waals surface area contributed by atoms with Crippen LogP contribution in [0.15, 0.2) is 120 Å². The van der Waals surface area contributed by atoms with Crippen LogP contribution in [0.25, 0.3) is 10.8 Å². The summed E-state index contributed by atoms with van der Waals surface area (Å²) in [7, 11) is 0. The first-order valence-corrected chi connectivity index (χ1v) is 12.8. The van der Waals surface area contributed by atoms with E-state index in [9.17, 15) is 9.59 Å². The average molecular weight is 566 g/mol. The van der Waals surface area contributed by atoms with Crippen LogP contribution >= 0.6 is 15.9 Å². The molecule has 7 heteroatoms. The van der Waals surface area contributed by atoms with Gasteiger partial charge in [-0.2, -0.15) is 0 Å². The van der Waals surface area contributed by atoms with E-state index in [1.807, 2.05) is 91.0 Å². The van der Waals surface area contributed by atoms with Gasteiger partial charge in [0.1, 0.15) is 5.75 Å². The molecule has 2 amide bonds. The summed E-state index contributed by atoms with van der Waals surface area (Å²) in [5.41, 5.74) is 3.27. The van der Waals surface area contributed by atoms with E-state index in [4.69, 9.17) is 4.74 Å². The lowest BCUT2D eigenvalue weighted by Crippen LogP contribution is -2.23. The maximum absolute atomic E-state index is 13.0. The molecule has 0 aliphatic carbocycles. The Morgan fingerprint density at radius 2 is 1.32 bits per heavy atom. The highest BCUT2D eigenvalue weighted by Crippen LogP contribution is 2.33. The molecule has 0 bridgehead atoms. The van der Waals surface area contributed by atoms with Crippen molar-refractivity contribution in [2.75, 3.05) is 22.6 Å². The van der Waals surface area contributed by atoms with Crippen LogP contribution in [0.5, 0.6) is 5.75 Å². The molecule has 0 aliphatic heterocycles. The number of benzene rings is 5. The maximum Gasteiger partial charge on any atom is 0.262 e. The third kappa shape index (κ3) is 6.02. The number of anilines is 4. The molecule has 0 saturated heterocycles. The zero-order chi connectivity index (χ0) is 26.3. The number of halogens is 1. The zero-order valence-electron chi connectivity index (χ0n) is 20.3. The van der Waals surface area contributed by atoms with Gasteiger partial charge in [-0.1, -0.05) is 60.7 Å². The van der Waals surface area contributed by atoms with E-state index in [1.54, 1.807) is 24.3 Å². The maximum atomic E-state index is 13.0. The van der Waals surface area contributed by atoms with Gasteiger partial charge in [0.05, 0.1) is 15.7 Å². The summed E-state index contributed by atoms with van der Waals surface area (Å²) in [5, 5.41) is 11.1. The molecule has 0 spiro atoms. The third-order valence-electron chi connectivity index (χ3n) is 5.84. The molecular formula is C31H24BrN3O3. The minimum Gasteiger partial charge on any atom is -0.483 e. The predicted octanol–water partition coefficient (Wildman–Crippen LogP) is 7.62. The fourth-order valence-corrected chi connectivity index (χ4v) is 4.58. The molecule has 3 N–H and O–H groups in total. The molecule has 6 nitrogen and oxygen atoms in total. The summed E-state index contributed by atoms with van der Waals surface area (Å²) in [6.45, 7) is -0.206. The Balaban J connectivity index is 1.21. The lowest BCUT2D eigenvalue weighted by atomic mass is 10.1. The number of amides is 2. The molecule has 0 heterocycles. The van der Waals surface area contributed by atoms with Crippen LogP contribution in [0, 0.1) is 0 Å². The van der Waals surface area contributed by atoms with Gasteiger partial charge in [0.15, 0.2) is 6.61 Å². The summed E-state index contributed by atoms with van der Waals surface area (Å²) in [5.74, 6) is -0.139. The van der Waals surface area contributed by atoms with Crippen LogP contribution in [-0.2, 0) is 4.79 Å². The van der Waals surface area contributed by atoms with E-state index >= 15 is 0 Å². The molecule has 0 aromatic heterocycles. The highest BCUT2D eigenvalue weighted by Gasteiger charge is 2.15. The van der Waals surface area contributed by atoms with Crippen molar-refractivity contribution in [2.45, 2.75) is 0 Å². The summed E-state index contributed by atoms with van der Waals surface area (Å²) in [4.78, 5) is 25.7. The van der Waals surface area contributed by atoms with Gasteiger partial charge >= 0.3 is 0 Å². The fraction of sp³-hybridized carbons (Fsp3) is 0.0323. The van der Waals surface area contributed by atoms with Crippen molar-refractivity contribution in [2.24, 2.45) is 0 Å². The van der Waals surface area contributed by atoms with Crippen molar-refractivity contribution in [3.63, 3.8) is 0 Å². The van der Waals surface area contributed by atoms with Gasteiger partial charge in [-0.05, 0) is 81.3 Å². The first-order valence-electron chi connectivity index (χ1n) is 12.0. The largest absolute Gasteiger partial charge is 0.483 e. The molecule has 5 rings (SSSR count). The Bertz CT molecular complexity index is 1590. The molecule has 38 heavy (non-hydrogen) atoms. The molecule has 188 valence electrons. The van der Waals surface area contributed by atoms with Crippen molar-refractivity contribution in [1.82, 2.24) is 0 Å². The second-order valence-electron chi connectivity index (χ2n) is 8.50. The quantitative estimate of drug-likeness (QED) is 0.181. The first-order chi connectivity index (χ1) is 18.6. The SMILES string of the molecule is O=C(COc1ccc2ccccc2c1Br)Nc1ccccc1C(=O)Nc1ccc(Nc2ccccc2)cc1. The van der Waals surface area contributed by atoms with Gasteiger partial charge in [-0.25, -0.2) is 0 Å². The van der Waals surface area contributed by atoms with Crippen LogP contribution in [0.2, 0.25) is 0 Å². The summed E-state index contributed by atoms with van der Waals surface area (Å²) in [6, 6.07) is 35.8. The highest BCUT2D eigenvalue weighted by molar-refractivity contribution is 9.10. The monoisotopic (exact) mass is 565 g/mol. The number of nitrogens with one attached hydrogen (secondary N) is 3. The van der Waals surface area contributed by atoms with Gasteiger partial charge in [0.2, 0.25) is 0 Å². The number of ether oxygens (including phenoxy) is 1. The van der Waals surface area contributed by atoms with E-state index in [0.29, 0.717) is 22.7 Å². The van der Waals surface area contributed by atoms with Crippen molar-refractivity contribution >= 4 is 61.3 Å². The minimum absolute atomic E-state index is 0.206. The van der Waals surface area contributed by atoms with E-state index in [2.05, 4.69) is 31.9 Å².